The van der Waals surface area contributed by atoms with Gasteiger partial charge in [0.1, 0.15) is 0 Å². The highest BCUT2D eigenvalue weighted by Gasteiger charge is 2.13. The number of hydrogen-bond acceptors (Lipinski definition) is 3. The summed E-state index contributed by atoms with van der Waals surface area (Å²) in [4.78, 5) is 11.6. The molecule has 118 valence electrons. The van der Waals surface area contributed by atoms with Crippen molar-refractivity contribution >= 4 is 15.9 Å². The molecule has 0 saturated carbocycles. The molecule has 2 N–H and O–H groups in total. The number of nitrogens with one attached hydrogen (secondary N) is 2. The van der Waals surface area contributed by atoms with Crippen molar-refractivity contribution in [3.63, 3.8) is 0 Å². The zero-order valence-electron chi connectivity index (χ0n) is 12.8. The molecule has 6 heteroatoms. The molecule has 0 heterocycles. The van der Waals surface area contributed by atoms with Crippen LogP contribution < -0.4 is 10.0 Å². The van der Waals surface area contributed by atoms with Crippen LogP contribution in [0.5, 0.6) is 0 Å². The van der Waals surface area contributed by atoms with Crippen LogP contribution in [0.3, 0.4) is 0 Å². The Hall–Kier alpha value is -1.40. The minimum Gasteiger partial charge on any atom is -0.356 e. The van der Waals surface area contributed by atoms with Crippen LogP contribution in [0.15, 0.2) is 29.2 Å². The van der Waals surface area contributed by atoms with Gasteiger partial charge in [0, 0.05) is 19.5 Å². The Balaban J connectivity index is 2.63. The summed E-state index contributed by atoms with van der Waals surface area (Å²) in [6, 6.07) is 6.66. The zero-order valence-corrected chi connectivity index (χ0v) is 13.7. The van der Waals surface area contributed by atoms with Gasteiger partial charge in [-0.2, -0.15) is 0 Å². The summed E-state index contributed by atoms with van der Waals surface area (Å²) in [5, 5.41) is 2.73. The molecule has 0 bridgehead atoms. The Morgan fingerprint density at radius 1 is 1.19 bits per heavy atom. The molecule has 1 aromatic carbocycles. The lowest BCUT2D eigenvalue weighted by molar-refractivity contribution is -0.120. The standard InChI is InChI=1S/C15H24N2O3S/c1-4-16-15(18)10-7-13-5-8-14(9-6-13)21(19,20)17-11-12(2)3/h5-6,8-9,12,17H,4,7,10-11H2,1-3H3,(H,16,18). The van der Waals surface area contributed by atoms with Crippen LogP contribution in [-0.2, 0) is 21.2 Å². The number of rotatable bonds is 8. The lowest BCUT2D eigenvalue weighted by Gasteiger charge is -2.09. The third-order valence-electron chi connectivity index (χ3n) is 2.93. The van der Waals surface area contributed by atoms with E-state index in [0.717, 1.165) is 5.56 Å². The molecule has 0 aromatic heterocycles. The van der Waals surface area contributed by atoms with Crippen molar-refractivity contribution in [2.75, 3.05) is 13.1 Å². The SMILES string of the molecule is CCNC(=O)CCc1ccc(S(=O)(=O)NCC(C)C)cc1. The van der Waals surface area contributed by atoms with Gasteiger partial charge in [-0.15, -0.1) is 0 Å². The number of amides is 1. The molecule has 0 radical (unpaired) electrons. The molecule has 21 heavy (non-hydrogen) atoms. The van der Waals surface area contributed by atoms with Crippen LogP contribution >= 0.6 is 0 Å². The minimum atomic E-state index is -3.44. The maximum atomic E-state index is 12.0. The summed E-state index contributed by atoms with van der Waals surface area (Å²) in [5.41, 5.74) is 0.948. The molecule has 0 spiro atoms. The molecular formula is C15H24N2O3S. The molecule has 0 fully saturated rings. The van der Waals surface area contributed by atoms with E-state index < -0.39 is 10.0 Å². The molecule has 1 rings (SSSR count). The van der Waals surface area contributed by atoms with E-state index in [4.69, 9.17) is 0 Å². The average molecular weight is 312 g/mol. The fourth-order valence-electron chi connectivity index (χ4n) is 1.74. The molecule has 0 unspecified atom stereocenters. The second kappa shape index (κ2) is 8.14. The first kappa shape index (κ1) is 17.7. The maximum Gasteiger partial charge on any atom is 0.240 e. The van der Waals surface area contributed by atoms with Crippen LogP contribution in [0, 0.1) is 5.92 Å². The fourth-order valence-corrected chi connectivity index (χ4v) is 2.95. The topological polar surface area (TPSA) is 75.3 Å². The van der Waals surface area contributed by atoms with E-state index in [1.807, 2.05) is 20.8 Å². The smallest absolute Gasteiger partial charge is 0.240 e. The molecule has 1 amide bonds. The predicted octanol–water partition coefficient (Wildman–Crippen LogP) is 1.69. The van der Waals surface area contributed by atoms with Gasteiger partial charge in [0.2, 0.25) is 15.9 Å². The molecule has 1 aromatic rings. The molecule has 5 nitrogen and oxygen atoms in total. The number of benzene rings is 1. The maximum absolute atomic E-state index is 12.0. The second-order valence-corrected chi connectivity index (χ2v) is 7.11. The normalized spacial score (nSPS) is 11.6. The summed E-state index contributed by atoms with van der Waals surface area (Å²) in [6.45, 7) is 6.82. The monoisotopic (exact) mass is 312 g/mol. The van der Waals surface area contributed by atoms with Gasteiger partial charge in [0.15, 0.2) is 0 Å². The van der Waals surface area contributed by atoms with E-state index in [9.17, 15) is 13.2 Å². The van der Waals surface area contributed by atoms with Crippen molar-refractivity contribution < 1.29 is 13.2 Å². The Morgan fingerprint density at radius 2 is 1.81 bits per heavy atom. The predicted molar refractivity (Wildman–Crippen MR) is 83.5 cm³/mol. The van der Waals surface area contributed by atoms with Crippen molar-refractivity contribution in [1.82, 2.24) is 10.0 Å². The molecule has 0 aliphatic heterocycles. The van der Waals surface area contributed by atoms with E-state index in [1.54, 1.807) is 24.3 Å². The van der Waals surface area contributed by atoms with Crippen molar-refractivity contribution in [2.45, 2.75) is 38.5 Å². The highest BCUT2D eigenvalue weighted by Crippen LogP contribution is 2.12. The average Bonchev–Trinajstić information content (AvgIpc) is 2.44. The van der Waals surface area contributed by atoms with Crippen LogP contribution in [0.2, 0.25) is 0 Å². The number of aryl methyl sites for hydroxylation is 1. The van der Waals surface area contributed by atoms with E-state index in [1.165, 1.54) is 0 Å². The third-order valence-corrected chi connectivity index (χ3v) is 4.37. The largest absolute Gasteiger partial charge is 0.356 e. The van der Waals surface area contributed by atoms with Gasteiger partial charge in [0.25, 0.3) is 0 Å². The lowest BCUT2D eigenvalue weighted by atomic mass is 10.1. The number of carbonyl (C=O) groups is 1. The molecule has 0 atom stereocenters. The summed E-state index contributed by atoms with van der Waals surface area (Å²) in [7, 11) is -3.44. The van der Waals surface area contributed by atoms with Crippen molar-refractivity contribution in [2.24, 2.45) is 5.92 Å². The van der Waals surface area contributed by atoms with E-state index in [2.05, 4.69) is 10.0 Å². The van der Waals surface area contributed by atoms with Gasteiger partial charge < -0.3 is 5.32 Å². The van der Waals surface area contributed by atoms with Crippen molar-refractivity contribution in [1.29, 1.82) is 0 Å². The van der Waals surface area contributed by atoms with Crippen LogP contribution in [0.4, 0.5) is 0 Å². The highest BCUT2D eigenvalue weighted by molar-refractivity contribution is 7.89. The molecule has 0 aliphatic carbocycles. The Bertz CT molecular complexity index is 551. The van der Waals surface area contributed by atoms with Gasteiger partial charge in [-0.05, 0) is 37.0 Å². The van der Waals surface area contributed by atoms with Crippen LogP contribution in [0.25, 0.3) is 0 Å². The van der Waals surface area contributed by atoms with Gasteiger partial charge in [-0.3, -0.25) is 4.79 Å². The minimum absolute atomic E-state index is 0.00722. The Kier molecular flexibility index (Phi) is 6.84. The first-order valence-electron chi connectivity index (χ1n) is 7.20. The quantitative estimate of drug-likeness (QED) is 0.767. The van der Waals surface area contributed by atoms with Crippen LogP contribution in [0.1, 0.15) is 32.8 Å². The summed E-state index contributed by atoms with van der Waals surface area (Å²) >= 11 is 0. The summed E-state index contributed by atoms with van der Waals surface area (Å²) < 4.78 is 26.6. The second-order valence-electron chi connectivity index (χ2n) is 5.34. The Morgan fingerprint density at radius 3 is 2.33 bits per heavy atom. The number of hydrogen-bond donors (Lipinski definition) is 2. The van der Waals surface area contributed by atoms with Crippen molar-refractivity contribution in [3.8, 4) is 0 Å². The van der Waals surface area contributed by atoms with E-state index in [0.29, 0.717) is 25.9 Å². The lowest BCUT2D eigenvalue weighted by Crippen LogP contribution is -2.27. The zero-order chi connectivity index (χ0) is 15.9. The van der Waals surface area contributed by atoms with Gasteiger partial charge >= 0.3 is 0 Å². The van der Waals surface area contributed by atoms with Gasteiger partial charge in [-0.1, -0.05) is 26.0 Å². The van der Waals surface area contributed by atoms with E-state index >= 15 is 0 Å². The molecule has 0 saturated heterocycles. The molecular weight excluding hydrogens is 288 g/mol. The Labute approximate surface area is 127 Å². The fraction of sp³-hybridized carbons (Fsp3) is 0.533. The first-order chi connectivity index (χ1) is 9.85. The highest BCUT2D eigenvalue weighted by atomic mass is 32.2. The van der Waals surface area contributed by atoms with Gasteiger partial charge in [-0.25, -0.2) is 13.1 Å². The molecule has 0 aliphatic rings. The van der Waals surface area contributed by atoms with Crippen molar-refractivity contribution in [3.05, 3.63) is 29.8 Å². The third kappa shape index (κ3) is 6.27. The first-order valence-corrected chi connectivity index (χ1v) is 8.68. The summed E-state index contributed by atoms with van der Waals surface area (Å²) in [5.74, 6) is 0.268. The van der Waals surface area contributed by atoms with Gasteiger partial charge in [0.05, 0.1) is 4.90 Å². The number of carbonyl (C=O) groups excluding carboxylic acids is 1. The van der Waals surface area contributed by atoms with Crippen LogP contribution in [-0.4, -0.2) is 27.4 Å². The summed E-state index contributed by atoms with van der Waals surface area (Å²) in [6.07, 6.45) is 1.01. The number of sulfonamides is 1. The van der Waals surface area contributed by atoms with E-state index in [-0.39, 0.29) is 16.7 Å².